The molecule has 1 aliphatic rings. The van der Waals surface area contributed by atoms with Crippen molar-refractivity contribution in [3.8, 4) is 28.5 Å². The summed E-state index contributed by atoms with van der Waals surface area (Å²) in [6, 6.07) is 11.7. The van der Waals surface area contributed by atoms with Gasteiger partial charge in [0.1, 0.15) is 41.8 Å². The van der Waals surface area contributed by atoms with Crippen LogP contribution in [-0.2, 0) is 14.6 Å². The molecule has 2 aromatic heterocycles. The summed E-state index contributed by atoms with van der Waals surface area (Å²) >= 11 is 0. The summed E-state index contributed by atoms with van der Waals surface area (Å²) in [5.41, 5.74) is 2.12. The summed E-state index contributed by atoms with van der Waals surface area (Å²) in [6.45, 7) is 1.48. The Morgan fingerprint density at radius 3 is 2.63 bits per heavy atom. The first-order valence-electron chi connectivity index (χ1n) is 11.0. The van der Waals surface area contributed by atoms with Crippen molar-refractivity contribution in [3.05, 3.63) is 54.4 Å². The maximum atomic E-state index is 13.1. The van der Waals surface area contributed by atoms with E-state index in [0.29, 0.717) is 47.4 Å². The Balaban J connectivity index is 1.60. The third-order valence-electron chi connectivity index (χ3n) is 5.15. The molecule has 0 saturated carbocycles. The maximum absolute atomic E-state index is 13.1. The molecule has 1 aromatic carbocycles. The van der Waals surface area contributed by atoms with Crippen molar-refractivity contribution in [1.29, 1.82) is 0 Å². The molecule has 0 bridgehead atoms. The van der Waals surface area contributed by atoms with E-state index in [0.717, 1.165) is 11.9 Å². The molecule has 0 spiro atoms. The number of nitrogens with zero attached hydrogens (tertiary/aromatic N) is 2. The van der Waals surface area contributed by atoms with Crippen LogP contribution in [0.15, 0.2) is 58.7 Å². The molecule has 0 aliphatic carbocycles. The fraction of sp³-hybridized carbons (Fsp3) is 0.333. The first-order chi connectivity index (χ1) is 16.7. The van der Waals surface area contributed by atoms with Crippen LogP contribution in [0.4, 0.5) is 4.39 Å². The number of benzene rings is 1. The number of pyridine rings is 1. The second kappa shape index (κ2) is 10.4. The molecule has 1 unspecified atom stereocenters. The molecule has 1 aliphatic heterocycles. The molecule has 2 N–H and O–H groups in total. The molecular formula is C24H26FN3O6S. The Labute approximate surface area is 202 Å². The van der Waals surface area contributed by atoms with Gasteiger partial charge in [-0.3, -0.25) is 0 Å². The van der Waals surface area contributed by atoms with Crippen LogP contribution in [-0.4, -0.2) is 67.7 Å². The molecular weight excluding hydrogens is 477 g/mol. The van der Waals surface area contributed by atoms with Gasteiger partial charge >= 0.3 is 0 Å². The summed E-state index contributed by atoms with van der Waals surface area (Å²) in [5, 5.41) is 9.05. The third kappa shape index (κ3) is 6.17. The van der Waals surface area contributed by atoms with Gasteiger partial charge in [-0.1, -0.05) is 0 Å². The molecule has 3 aromatic rings. The lowest BCUT2D eigenvalue weighted by Crippen LogP contribution is -2.15. The highest BCUT2D eigenvalue weighted by Crippen LogP contribution is 2.33. The number of aliphatic hydroxyl groups is 1. The Kier molecular flexibility index (Phi) is 7.37. The number of aliphatic imine (C=N–C) groups is 1. The molecule has 0 saturated heterocycles. The van der Waals surface area contributed by atoms with E-state index in [-0.39, 0.29) is 17.7 Å². The first-order valence-corrected chi connectivity index (χ1v) is 12.9. The quantitative estimate of drug-likeness (QED) is 0.434. The van der Waals surface area contributed by atoms with Gasteiger partial charge in [-0.05, 0) is 43.3 Å². The van der Waals surface area contributed by atoms with Crippen molar-refractivity contribution in [2.24, 2.45) is 4.99 Å². The molecule has 0 fully saturated rings. The van der Waals surface area contributed by atoms with Gasteiger partial charge in [0.05, 0.1) is 12.7 Å². The van der Waals surface area contributed by atoms with E-state index in [4.69, 9.17) is 19.3 Å². The predicted molar refractivity (Wildman–Crippen MR) is 128 cm³/mol. The van der Waals surface area contributed by atoms with Crippen molar-refractivity contribution in [2.45, 2.75) is 30.6 Å². The summed E-state index contributed by atoms with van der Waals surface area (Å²) in [7, 11) is -3.43. The highest BCUT2D eigenvalue weighted by atomic mass is 32.2. The van der Waals surface area contributed by atoms with Gasteiger partial charge < -0.3 is 24.3 Å². The van der Waals surface area contributed by atoms with E-state index in [1.165, 1.54) is 18.3 Å². The lowest BCUT2D eigenvalue weighted by atomic mass is 10.1. The zero-order valence-electron chi connectivity index (χ0n) is 19.3. The zero-order chi connectivity index (χ0) is 25.0. The van der Waals surface area contributed by atoms with Crippen LogP contribution in [0, 0.1) is 0 Å². The largest absolute Gasteiger partial charge is 0.488 e. The minimum atomic E-state index is -3.43. The maximum Gasteiger partial charge on any atom is 0.233 e. The Hall–Kier alpha value is -3.44. The Morgan fingerprint density at radius 2 is 1.94 bits per heavy atom. The average molecular weight is 504 g/mol. The molecule has 0 radical (unpaired) electrons. The SMILES string of the molecule is C[C@@H](CF)Oc1cc(Oc2ccc(S(C)(=O)=O)nc2)cc(-c2ccc(C3=NCC(CCO)O3)[nH]2)c1. The minimum Gasteiger partial charge on any atom is -0.488 e. The Morgan fingerprint density at radius 1 is 1.17 bits per heavy atom. The van der Waals surface area contributed by atoms with Gasteiger partial charge in [-0.25, -0.2) is 22.8 Å². The van der Waals surface area contributed by atoms with Crippen LogP contribution in [0.5, 0.6) is 17.2 Å². The normalized spacial score (nSPS) is 16.5. The lowest BCUT2D eigenvalue weighted by molar-refractivity contribution is 0.169. The van der Waals surface area contributed by atoms with E-state index in [9.17, 15) is 12.8 Å². The number of H-pyrrole nitrogens is 1. The molecule has 186 valence electrons. The number of aliphatic hydroxyl groups excluding tert-OH is 1. The molecule has 9 nitrogen and oxygen atoms in total. The summed E-state index contributed by atoms with van der Waals surface area (Å²) in [4.78, 5) is 11.6. The highest BCUT2D eigenvalue weighted by Gasteiger charge is 2.22. The third-order valence-corrected chi connectivity index (χ3v) is 6.16. The smallest absolute Gasteiger partial charge is 0.233 e. The minimum absolute atomic E-state index is 0.0306. The van der Waals surface area contributed by atoms with E-state index < -0.39 is 22.6 Å². The number of rotatable bonds is 10. The number of hydrogen-bond donors (Lipinski definition) is 2. The number of ether oxygens (including phenoxy) is 3. The van der Waals surface area contributed by atoms with Gasteiger partial charge in [0.2, 0.25) is 5.90 Å². The van der Waals surface area contributed by atoms with Crippen molar-refractivity contribution < 1.29 is 32.1 Å². The number of hydrogen-bond acceptors (Lipinski definition) is 8. The Bertz CT molecular complexity index is 1310. The van der Waals surface area contributed by atoms with Gasteiger partial charge in [-0.15, -0.1) is 0 Å². The fourth-order valence-corrected chi connectivity index (χ4v) is 4.01. The number of alkyl halides is 1. The van der Waals surface area contributed by atoms with Crippen molar-refractivity contribution in [2.75, 3.05) is 26.1 Å². The van der Waals surface area contributed by atoms with E-state index >= 15 is 0 Å². The number of sulfone groups is 1. The average Bonchev–Trinajstić information content (AvgIpc) is 3.49. The van der Waals surface area contributed by atoms with E-state index in [1.54, 1.807) is 25.1 Å². The fourth-order valence-electron chi connectivity index (χ4n) is 3.45. The van der Waals surface area contributed by atoms with Gasteiger partial charge in [-0.2, -0.15) is 0 Å². The summed E-state index contributed by atoms with van der Waals surface area (Å²) in [5.74, 6) is 1.60. The number of aromatic amines is 1. The zero-order valence-corrected chi connectivity index (χ0v) is 20.1. The highest BCUT2D eigenvalue weighted by molar-refractivity contribution is 7.90. The van der Waals surface area contributed by atoms with Crippen LogP contribution in [0.25, 0.3) is 11.3 Å². The van der Waals surface area contributed by atoms with E-state index in [2.05, 4.69) is 15.0 Å². The molecule has 3 heterocycles. The van der Waals surface area contributed by atoms with Crippen molar-refractivity contribution >= 4 is 15.7 Å². The number of aromatic nitrogens is 2. The summed E-state index contributed by atoms with van der Waals surface area (Å²) < 4.78 is 53.7. The first kappa shape index (κ1) is 24.7. The van der Waals surface area contributed by atoms with Crippen LogP contribution < -0.4 is 9.47 Å². The predicted octanol–water partition coefficient (Wildman–Crippen LogP) is 3.54. The standard InChI is InChI=1S/C24H26FN3O6S/c1-15(12-25)32-19-9-16(21-4-5-22(28-21)24-27-14-18(34-24)7-8-29)10-20(11-19)33-17-3-6-23(26-13-17)35(2,30)31/h3-6,9-11,13,15,18,28-29H,7-8,12,14H2,1-2H3/t15-,18?/m0/s1. The number of nitrogens with one attached hydrogen (secondary N) is 1. The van der Waals surface area contributed by atoms with Crippen molar-refractivity contribution in [3.63, 3.8) is 0 Å². The van der Waals surface area contributed by atoms with Gasteiger partial charge in [0.15, 0.2) is 14.9 Å². The lowest BCUT2D eigenvalue weighted by Gasteiger charge is -2.14. The molecule has 0 amide bonds. The number of halogens is 1. The monoisotopic (exact) mass is 503 g/mol. The molecule has 11 heteroatoms. The second-order valence-corrected chi connectivity index (χ2v) is 10.1. The van der Waals surface area contributed by atoms with Gasteiger partial charge in [0, 0.05) is 36.6 Å². The van der Waals surface area contributed by atoms with Crippen LogP contribution in [0.3, 0.4) is 0 Å². The molecule has 2 atom stereocenters. The summed E-state index contributed by atoms with van der Waals surface area (Å²) in [6.07, 6.45) is 2.10. The molecule has 4 rings (SSSR count). The molecule has 35 heavy (non-hydrogen) atoms. The topological polar surface area (TPSA) is 123 Å². The second-order valence-electron chi connectivity index (χ2n) is 8.17. The van der Waals surface area contributed by atoms with Crippen molar-refractivity contribution in [1.82, 2.24) is 9.97 Å². The van der Waals surface area contributed by atoms with Crippen LogP contribution >= 0.6 is 0 Å². The van der Waals surface area contributed by atoms with Crippen LogP contribution in [0.2, 0.25) is 0 Å². The van der Waals surface area contributed by atoms with E-state index in [1.807, 2.05) is 12.1 Å². The van der Waals surface area contributed by atoms with Crippen LogP contribution in [0.1, 0.15) is 19.0 Å². The van der Waals surface area contributed by atoms with Gasteiger partial charge in [0.25, 0.3) is 0 Å².